The molecular formula is C15H13ClN4. The normalized spacial score (nSPS) is 10.8. The quantitative estimate of drug-likeness (QED) is 0.722. The van der Waals surface area contributed by atoms with Crippen molar-refractivity contribution >= 4 is 34.0 Å². The number of benzene rings is 1. The third-order valence-electron chi connectivity index (χ3n) is 2.95. The number of aromatic nitrogens is 3. The third-order valence-corrected chi connectivity index (χ3v) is 3.12. The Balaban J connectivity index is 2.08. The van der Waals surface area contributed by atoms with Crippen LogP contribution in [0.3, 0.4) is 0 Å². The Morgan fingerprint density at radius 1 is 0.950 bits per heavy atom. The average molecular weight is 285 g/mol. The molecule has 3 aromatic rings. The van der Waals surface area contributed by atoms with E-state index in [1.54, 1.807) is 0 Å². The Bertz CT molecular complexity index is 766. The van der Waals surface area contributed by atoms with Crippen LogP contribution in [0.25, 0.3) is 10.9 Å². The van der Waals surface area contributed by atoms with E-state index in [0.717, 1.165) is 28.0 Å². The van der Waals surface area contributed by atoms with Crippen molar-refractivity contribution in [2.45, 2.75) is 13.8 Å². The van der Waals surface area contributed by atoms with E-state index >= 15 is 0 Å². The van der Waals surface area contributed by atoms with Crippen molar-refractivity contribution in [2.75, 3.05) is 5.32 Å². The van der Waals surface area contributed by atoms with Gasteiger partial charge in [0.15, 0.2) is 0 Å². The molecule has 1 aromatic carbocycles. The van der Waals surface area contributed by atoms with Gasteiger partial charge in [0.2, 0.25) is 5.28 Å². The third kappa shape index (κ3) is 2.56. The zero-order chi connectivity index (χ0) is 14.1. The maximum absolute atomic E-state index is 5.88. The fraction of sp³-hybridized carbons (Fsp3) is 0.133. The van der Waals surface area contributed by atoms with Gasteiger partial charge in [0.1, 0.15) is 5.82 Å². The van der Waals surface area contributed by atoms with Gasteiger partial charge in [-0.3, -0.25) is 4.98 Å². The molecular weight excluding hydrogens is 272 g/mol. The number of aryl methyl sites for hydroxylation is 2. The van der Waals surface area contributed by atoms with E-state index in [2.05, 4.69) is 26.3 Å². The lowest BCUT2D eigenvalue weighted by Crippen LogP contribution is -1.98. The Labute approximate surface area is 121 Å². The minimum Gasteiger partial charge on any atom is -0.338 e. The van der Waals surface area contributed by atoms with Crippen molar-refractivity contribution in [3.8, 4) is 0 Å². The van der Waals surface area contributed by atoms with E-state index < -0.39 is 0 Å². The molecule has 0 unspecified atom stereocenters. The van der Waals surface area contributed by atoms with Crippen molar-refractivity contribution in [1.29, 1.82) is 0 Å². The number of hydrogen-bond acceptors (Lipinski definition) is 4. The van der Waals surface area contributed by atoms with Gasteiger partial charge in [-0.05, 0) is 37.6 Å². The van der Waals surface area contributed by atoms with E-state index in [-0.39, 0.29) is 5.28 Å². The van der Waals surface area contributed by atoms with Crippen LogP contribution in [0.1, 0.15) is 11.4 Å². The number of fused-ring (bicyclic) bond motifs is 1. The zero-order valence-corrected chi connectivity index (χ0v) is 11.9. The minimum atomic E-state index is 0.233. The number of rotatable bonds is 2. The summed E-state index contributed by atoms with van der Waals surface area (Å²) in [5.74, 6) is 0.665. The fourth-order valence-electron chi connectivity index (χ4n) is 2.08. The summed E-state index contributed by atoms with van der Waals surface area (Å²) in [4.78, 5) is 12.8. The number of nitrogens with one attached hydrogen (secondary N) is 1. The molecule has 0 aliphatic carbocycles. The van der Waals surface area contributed by atoms with Crippen molar-refractivity contribution in [3.63, 3.8) is 0 Å². The molecule has 0 spiro atoms. The summed E-state index contributed by atoms with van der Waals surface area (Å²) in [6.45, 7) is 3.85. The summed E-state index contributed by atoms with van der Waals surface area (Å²) in [5, 5.41) is 4.57. The SMILES string of the molecule is Cc1cc(Nc2cccc3ccc(C)nc23)nc(Cl)n1. The molecule has 1 N–H and O–H groups in total. The zero-order valence-electron chi connectivity index (χ0n) is 11.2. The van der Waals surface area contributed by atoms with Gasteiger partial charge in [0, 0.05) is 22.8 Å². The number of halogens is 1. The smallest absolute Gasteiger partial charge is 0.224 e. The molecule has 0 atom stereocenters. The lowest BCUT2D eigenvalue weighted by molar-refractivity contribution is 1.10. The predicted octanol–water partition coefficient (Wildman–Crippen LogP) is 4.04. The molecule has 2 heterocycles. The molecule has 2 aromatic heterocycles. The molecule has 3 rings (SSSR count). The monoisotopic (exact) mass is 284 g/mol. The molecule has 0 aliphatic heterocycles. The van der Waals surface area contributed by atoms with Crippen LogP contribution < -0.4 is 5.32 Å². The number of pyridine rings is 1. The number of para-hydroxylation sites is 1. The number of nitrogens with zero attached hydrogens (tertiary/aromatic N) is 3. The molecule has 0 fully saturated rings. The Kier molecular flexibility index (Phi) is 3.24. The van der Waals surface area contributed by atoms with Gasteiger partial charge >= 0.3 is 0 Å². The van der Waals surface area contributed by atoms with Gasteiger partial charge in [-0.2, -0.15) is 0 Å². The molecule has 0 radical (unpaired) electrons. The fourth-order valence-corrected chi connectivity index (χ4v) is 2.30. The number of hydrogen-bond donors (Lipinski definition) is 1. The van der Waals surface area contributed by atoms with Crippen LogP contribution in [-0.2, 0) is 0 Å². The molecule has 0 saturated carbocycles. The molecule has 0 saturated heterocycles. The standard InChI is InChI=1S/C15H13ClN4/c1-9-6-7-11-4-3-5-12(14(11)17-9)19-13-8-10(2)18-15(16)20-13/h3-8H,1-2H3,(H,18,19,20). The largest absolute Gasteiger partial charge is 0.338 e. The van der Waals surface area contributed by atoms with Crippen molar-refractivity contribution in [2.24, 2.45) is 0 Å². The van der Waals surface area contributed by atoms with E-state index in [4.69, 9.17) is 11.6 Å². The highest BCUT2D eigenvalue weighted by molar-refractivity contribution is 6.28. The predicted molar refractivity (Wildman–Crippen MR) is 81.5 cm³/mol. The van der Waals surface area contributed by atoms with Gasteiger partial charge in [-0.1, -0.05) is 18.2 Å². The first-order valence-corrected chi connectivity index (χ1v) is 6.64. The lowest BCUT2D eigenvalue weighted by Gasteiger charge is -2.09. The van der Waals surface area contributed by atoms with Crippen LogP contribution in [0.4, 0.5) is 11.5 Å². The molecule has 4 nitrogen and oxygen atoms in total. The number of anilines is 2. The molecule has 20 heavy (non-hydrogen) atoms. The van der Waals surface area contributed by atoms with Crippen LogP contribution >= 0.6 is 11.6 Å². The topological polar surface area (TPSA) is 50.7 Å². The van der Waals surface area contributed by atoms with Gasteiger partial charge in [0.05, 0.1) is 11.2 Å². The van der Waals surface area contributed by atoms with Gasteiger partial charge in [0.25, 0.3) is 0 Å². The first-order valence-electron chi connectivity index (χ1n) is 6.26. The first kappa shape index (κ1) is 12.8. The summed E-state index contributed by atoms with van der Waals surface area (Å²) in [7, 11) is 0. The Morgan fingerprint density at radius 2 is 1.80 bits per heavy atom. The van der Waals surface area contributed by atoms with Crippen LogP contribution in [-0.4, -0.2) is 15.0 Å². The maximum Gasteiger partial charge on any atom is 0.224 e. The second-order valence-electron chi connectivity index (χ2n) is 4.62. The molecule has 0 amide bonds. The van der Waals surface area contributed by atoms with Crippen LogP contribution in [0.5, 0.6) is 0 Å². The Morgan fingerprint density at radius 3 is 2.60 bits per heavy atom. The molecule has 0 aliphatic rings. The van der Waals surface area contributed by atoms with Crippen LogP contribution in [0.2, 0.25) is 5.28 Å². The summed E-state index contributed by atoms with van der Waals surface area (Å²) in [6.07, 6.45) is 0. The molecule has 0 bridgehead atoms. The Hall–Kier alpha value is -2.20. The van der Waals surface area contributed by atoms with Crippen molar-refractivity contribution < 1.29 is 0 Å². The first-order chi connectivity index (χ1) is 9.61. The average Bonchev–Trinajstić information content (AvgIpc) is 2.38. The van der Waals surface area contributed by atoms with E-state index in [1.165, 1.54) is 0 Å². The van der Waals surface area contributed by atoms with Crippen molar-refractivity contribution in [3.05, 3.63) is 53.1 Å². The highest BCUT2D eigenvalue weighted by Gasteiger charge is 2.05. The molecule has 100 valence electrons. The minimum absolute atomic E-state index is 0.233. The summed E-state index contributed by atoms with van der Waals surface area (Å²) < 4.78 is 0. The van der Waals surface area contributed by atoms with E-state index in [1.807, 2.05) is 44.2 Å². The highest BCUT2D eigenvalue weighted by Crippen LogP contribution is 2.25. The second-order valence-corrected chi connectivity index (χ2v) is 4.96. The van der Waals surface area contributed by atoms with Crippen LogP contribution in [0, 0.1) is 13.8 Å². The highest BCUT2D eigenvalue weighted by atomic mass is 35.5. The van der Waals surface area contributed by atoms with Gasteiger partial charge < -0.3 is 5.32 Å². The van der Waals surface area contributed by atoms with E-state index in [0.29, 0.717) is 5.82 Å². The summed E-state index contributed by atoms with van der Waals surface area (Å²) in [5.41, 5.74) is 3.61. The van der Waals surface area contributed by atoms with E-state index in [9.17, 15) is 0 Å². The van der Waals surface area contributed by atoms with Crippen LogP contribution in [0.15, 0.2) is 36.4 Å². The molecule has 5 heteroatoms. The second kappa shape index (κ2) is 5.06. The summed E-state index contributed by atoms with van der Waals surface area (Å²) >= 11 is 5.88. The lowest BCUT2D eigenvalue weighted by atomic mass is 10.1. The van der Waals surface area contributed by atoms with Gasteiger partial charge in [-0.25, -0.2) is 9.97 Å². The van der Waals surface area contributed by atoms with Crippen molar-refractivity contribution in [1.82, 2.24) is 15.0 Å². The summed E-state index contributed by atoms with van der Waals surface area (Å²) in [6, 6.07) is 11.9. The maximum atomic E-state index is 5.88. The van der Waals surface area contributed by atoms with Gasteiger partial charge in [-0.15, -0.1) is 0 Å².